The minimum absolute atomic E-state index is 0.760. The van der Waals surface area contributed by atoms with Gasteiger partial charge in [0, 0.05) is 30.2 Å². The highest BCUT2D eigenvalue weighted by atomic mass is 32.2. The van der Waals surface area contributed by atoms with Crippen LogP contribution in [0, 0.1) is 0 Å². The molecule has 1 heterocycles. The zero-order valence-corrected chi connectivity index (χ0v) is 10.8. The number of hydrogen-bond donors (Lipinski definition) is 1. The molecule has 0 bridgehead atoms. The van der Waals surface area contributed by atoms with Crippen LogP contribution in [0.1, 0.15) is 26.0 Å². The van der Waals surface area contributed by atoms with E-state index in [0.29, 0.717) is 0 Å². The molecule has 0 saturated carbocycles. The van der Waals surface area contributed by atoms with Crippen molar-refractivity contribution < 1.29 is 0 Å². The van der Waals surface area contributed by atoms with Gasteiger partial charge >= 0.3 is 0 Å². The highest BCUT2D eigenvalue weighted by Crippen LogP contribution is 2.08. The van der Waals surface area contributed by atoms with Crippen molar-refractivity contribution in [1.29, 1.82) is 0 Å². The molecule has 0 aliphatic heterocycles. The molecule has 0 aliphatic carbocycles. The monoisotopic (exact) mass is 226 g/mol. The van der Waals surface area contributed by atoms with Crippen LogP contribution in [0.4, 0.5) is 0 Å². The van der Waals surface area contributed by atoms with E-state index < -0.39 is 0 Å². The number of nitrogens with one attached hydrogen (secondary N) is 1. The largest absolute Gasteiger partial charge is 0.351 e. The molecular formula is C12H22N2S. The SMILES string of the molecule is CCn1cccc1CNCCC(C)SC. The second-order valence-electron chi connectivity index (χ2n) is 3.80. The first-order valence-electron chi connectivity index (χ1n) is 5.65. The molecule has 0 amide bonds. The summed E-state index contributed by atoms with van der Waals surface area (Å²) in [5.74, 6) is 0. The zero-order valence-electron chi connectivity index (χ0n) is 9.99. The van der Waals surface area contributed by atoms with E-state index in [4.69, 9.17) is 0 Å². The number of aromatic nitrogens is 1. The van der Waals surface area contributed by atoms with E-state index in [2.05, 4.69) is 48.3 Å². The molecule has 2 nitrogen and oxygen atoms in total. The second kappa shape index (κ2) is 6.96. The van der Waals surface area contributed by atoms with Crippen LogP contribution < -0.4 is 5.32 Å². The topological polar surface area (TPSA) is 17.0 Å². The van der Waals surface area contributed by atoms with Crippen molar-refractivity contribution in [3.05, 3.63) is 24.0 Å². The maximum absolute atomic E-state index is 3.49. The lowest BCUT2D eigenvalue weighted by atomic mass is 10.3. The Morgan fingerprint density at radius 1 is 1.53 bits per heavy atom. The Bertz CT molecular complexity index is 270. The van der Waals surface area contributed by atoms with E-state index in [1.165, 1.54) is 12.1 Å². The standard InChI is InChI=1S/C12H22N2S/c1-4-14-9-5-6-12(14)10-13-8-7-11(2)15-3/h5-6,9,11,13H,4,7-8,10H2,1-3H3. The van der Waals surface area contributed by atoms with Gasteiger partial charge in [-0.3, -0.25) is 0 Å². The van der Waals surface area contributed by atoms with Gasteiger partial charge in [-0.1, -0.05) is 6.92 Å². The molecule has 15 heavy (non-hydrogen) atoms. The highest BCUT2D eigenvalue weighted by molar-refractivity contribution is 7.99. The van der Waals surface area contributed by atoms with Crippen LogP contribution in [-0.4, -0.2) is 22.6 Å². The Hall–Kier alpha value is -0.410. The minimum atomic E-state index is 0.760. The maximum atomic E-state index is 3.49. The van der Waals surface area contributed by atoms with E-state index in [9.17, 15) is 0 Å². The van der Waals surface area contributed by atoms with E-state index in [1.54, 1.807) is 0 Å². The Balaban J connectivity index is 2.20. The first-order valence-corrected chi connectivity index (χ1v) is 6.94. The maximum Gasteiger partial charge on any atom is 0.0359 e. The van der Waals surface area contributed by atoms with Crippen molar-refractivity contribution in [2.24, 2.45) is 0 Å². The summed E-state index contributed by atoms with van der Waals surface area (Å²) < 4.78 is 2.28. The van der Waals surface area contributed by atoms with Gasteiger partial charge < -0.3 is 9.88 Å². The van der Waals surface area contributed by atoms with Crippen LogP contribution in [-0.2, 0) is 13.1 Å². The predicted molar refractivity (Wildman–Crippen MR) is 69.4 cm³/mol. The fourth-order valence-electron chi connectivity index (χ4n) is 1.56. The van der Waals surface area contributed by atoms with Gasteiger partial charge in [-0.2, -0.15) is 11.8 Å². The molecule has 0 radical (unpaired) electrons. The van der Waals surface area contributed by atoms with E-state index in [0.717, 1.165) is 24.9 Å². The fraction of sp³-hybridized carbons (Fsp3) is 0.667. The van der Waals surface area contributed by atoms with Crippen LogP contribution in [0.3, 0.4) is 0 Å². The van der Waals surface area contributed by atoms with Gasteiger partial charge in [-0.25, -0.2) is 0 Å². The number of hydrogen-bond acceptors (Lipinski definition) is 2. The molecule has 0 saturated heterocycles. The predicted octanol–water partition coefficient (Wildman–Crippen LogP) is 2.74. The third-order valence-corrected chi connectivity index (χ3v) is 3.74. The summed E-state index contributed by atoms with van der Waals surface area (Å²) in [6.07, 6.45) is 5.56. The lowest BCUT2D eigenvalue weighted by molar-refractivity contribution is 0.608. The molecule has 0 spiro atoms. The molecule has 1 aromatic heterocycles. The van der Waals surface area contributed by atoms with Crippen molar-refractivity contribution in [1.82, 2.24) is 9.88 Å². The molecule has 1 aromatic rings. The normalized spacial score (nSPS) is 13.0. The molecule has 0 fully saturated rings. The lowest BCUT2D eigenvalue weighted by Crippen LogP contribution is -2.19. The van der Waals surface area contributed by atoms with Crippen LogP contribution in [0.25, 0.3) is 0 Å². The van der Waals surface area contributed by atoms with Gasteiger partial charge in [0.15, 0.2) is 0 Å². The van der Waals surface area contributed by atoms with Crippen molar-refractivity contribution in [3.63, 3.8) is 0 Å². The molecule has 1 N–H and O–H groups in total. The van der Waals surface area contributed by atoms with Gasteiger partial charge in [-0.05, 0) is 38.3 Å². The summed E-state index contributed by atoms with van der Waals surface area (Å²) in [5.41, 5.74) is 1.38. The lowest BCUT2D eigenvalue weighted by Gasteiger charge is -2.10. The summed E-state index contributed by atoms with van der Waals surface area (Å²) in [6.45, 7) is 7.62. The van der Waals surface area contributed by atoms with E-state index in [1.807, 2.05) is 11.8 Å². The first-order chi connectivity index (χ1) is 7.27. The average molecular weight is 226 g/mol. The number of aryl methyl sites for hydroxylation is 1. The van der Waals surface area contributed by atoms with Crippen LogP contribution in [0.2, 0.25) is 0 Å². The van der Waals surface area contributed by atoms with Crippen LogP contribution in [0.15, 0.2) is 18.3 Å². The summed E-state index contributed by atoms with van der Waals surface area (Å²) in [6, 6.07) is 4.31. The van der Waals surface area contributed by atoms with Crippen molar-refractivity contribution in [2.75, 3.05) is 12.8 Å². The summed E-state index contributed by atoms with van der Waals surface area (Å²) >= 11 is 1.94. The summed E-state index contributed by atoms with van der Waals surface area (Å²) in [7, 11) is 0. The van der Waals surface area contributed by atoms with Crippen LogP contribution >= 0.6 is 11.8 Å². The van der Waals surface area contributed by atoms with E-state index in [-0.39, 0.29) is 0 Å². The zero-order chi connectivity index (χ0) is 11.1. The third-order valence-electron chi connectivity index (χ3n) is 2.70. The Morgan fingerprint density at radius 2 is 2.33 bits per heavy atom. The molecule has 1 atom stereocenters. The molecule has 0 aliphatic rings. The second-order valence-corrected chi connectivity index (χ2v) is 5.07. The van der Waals surface area contributed by atoms with Crippen molar-refractivity contribution >= 4 is 11.8 Å². The highest BCUT2D eigenvalue weighted by Gasteiger charge is 2.00. The molecule has 86 valence electrons. The Labute approximate surface area is 97.4 Å². The third kappa shape index (κ3) is 4.31. The van der Waals surface area contributed by atoms with Gasteiger partial charge in [0.05, 0.1) is 0 Å². The Morgan fingerprint density at radius 3 is 3.00 bits per heavy atom. The minimum Gasteiger partial charge on any atom is -0.351 e. The summed E-state index contributed by atoms with van der Waals surface area (Å²) in [5, 5.41) is 4.25. The van der Waals surface area contributed by atoms with Gasteiger partial charge in [0.25, 0.3) is 0 Å². The fourth-order valence-corrected chi connectivity index (χ4v) is 1.91. The van der Waals surface area contributed by atoms with Crippen LogP contribution in [0.5, 0.6) is 0 Å². The molecule has 1 rings (SSSR count). The quantitative estimate of drug-likeness (QED) is 0.720. The smallest absolute Gasteiger partial charge is 0.0359 e. The molecule has 0 aromatic carbocycles. The van der Waals surface area contributed by atoms with Gasteiger partial charge in [0.1, 0.15) is 0 Å². The number of nitrogens with zero attached hydrogens (tertiary/aromatic N) is 1. The molecule has 3 heteroatoms. The van der Waals surface area contributed by atoms with Crippen molar-refractivity contribution in [3.8, 4) is 0 Å². The Kier molecular flexibility index (Phi) is 5.88. The van der Waals surface area contributed by atoms with Gasteiger partial charge in [0.2, 0.25) is 0 Å². The molecular weight excluding hydrogens is 204 g/mol. The average Bonchev–Trinajstić information content (AvgIpc) is 2.71. The van der Waals surface area contributed by atoms with Crippen molar-refractivity contribution in [2.45, 2.75) is 38.6 Å². The van der Waals surface area contributed by atoms with E-state index >= 15 is 0 Å². The number of thioether (sulfide) groups is 1. The molecule has 1 unspecified atom stereocenters. The first kappa shape index (κ1) is 12.7. The van der Waals surface area contributed by atoms with Gasteiger partial charge in [-0.15, -0.1) is 0 Å². The summed E-state index contributed by atoms with van der Waals surface area (Å²) in [4.78, 5) is 0. The number of rotatable bonds is 7.